The summed E-state index contributed by atoms with van der Waals surface area (Å²) in [5.41, 5.74) is 0.444. The smallest absolute Gasteiger partial charge is 0.274 e. The van der Waals surface area contributed by atoms with E-state index in [4.69, 9.17) is 0 Å². The molecule has 0 aliphatic carbocycles. The van der Waals surface area contributed by atoms with Crippen LogP contribution in [0.3, 0.4) is 0 Å². The van der Waals surface area contributed by atoms with E-state index in [1.807, 2.05) is 11.9 Å². The van der Waals surface area contributed by atoms with Crippen molar-refractivity contribution in [2.24, 2.45) is 5.92 Å². The molecule has 17 heavy (non-hydrogen) atoms. The lowest BCUT2D eigenvalue weighted by Crippen LogP contribution is -2.40. The quantitative estimate of drug-likeness (QED) is 0.829. The molecule has 1 fully saturated rings. The van der Waals surface area contributed by atoms with Gasteiger partial charge >= 0.3 is 0 Å². The van der Waals surface area contributed by atoms with Gasteiger partial charge in [0, 0.05) is 25.5 Å². The molecule has 0 unspecified atom stereocenters. The van der Waals surface area contributed by atoms with Crippen LogP contribution < -0.4 is 5.32 Å². The largest absolute Gasteiger partial charge is 0.337 e. The number of carbonyl (C=O) groups excluding carboxylic acids is 1. The first-order valence-electron chi connectivity index (χ1n) is 6.01. The normalized spacial score (nSPS) is 17.1. The van der Waals surface area contributed by atoms with Crippen molar-refractivity contribution in [3.05, 3.63) is 24.3 Å². The number of aromatic nitrogens is 2. The van der Waals surface area contributed by atoms with Gasteiger partial charge in [0.05, 0.1) is 6.20 Å². The molecule has 92 valence electrons. The fraction of sp³-hybridized carbons (Fsp3) is 0.583. The van der Waals surface area contributed by atoms with Crippen LogP contribution in [0.5, 0.6) is 0 Å². The minimum Gasteiger partial charge on any atom is -0.337 e. The number of rotatable bonds is 3. The molecule has 5 heteroatoms. The second-order valence-electron chi connectivity index (χ2n) is 4.38. The summed E-state index contributed by atoms with van der Waals surface area (Å²) >= 11 is 0. The van der Waals surface area contributed by atoms with Crippen molar-refractivity contribution < 1.29 is 4.79 Å². The topological polar surface area (TPSA) is 58.1 Å². The van der Waals surface area contributed by atoms with Crippen molar-refractivity contribution in [3.63, 3.8) is 0 Å². The van der Waals surface area contributed by atoms with E-state index in [0.717, 1.165) is 32.5 Å². The Kier molecular flexibility index (Phi) is 4.03. The van der Waals surface area contributed by atoms with E-state index in [0.29, 0.717) is 11.6 Å². The van der Waals surface area contributed by atoms with Crippen molar-refractivity contribution in [1.29, 1.82) is 0 Å². The lowest BCUT2D eigenvalue weighted by atomic mass is 9.97. The molecule has 0 spiro atoms. The third-order valence-corrected chi connectivity index (χ3v) is 3.18. The van der Waals surface area contributed by atoms with E-state index >= 15 is 0 Å². The summed E-state index contributed by atoms with van der Waals surface area (Å²) in [4.78, 5) is 21.9. The van der Waals surface area contributed by atoms with Crippen LogP contribution in [0.25, 0.3) is 0 Å². The molecule has 0 atom stereocenters. The predicted molar refractivity (Wildman–Crippen MR) is 64.6 cm³/mol. The lowest BCUT2D eigenvalue weighted by molar-refractivity contribution is 0.0684. The number of amides is 1. The van der Waals surface area contributed by atoms with Crippen LogP contribution in [0.2, 0.25) is 0 Å². The zero-order valence-electron chi connectivity index (χ0n) is 10.1. The van der Waals surface area contributed by atoms with Crippen LogP contribution in [0.4, 0.5) is 0 Å². The summed E-state index contributed by atoms with van der Waals surface area (Å²) < 4.78 is 0. The highest BCUT2D eigenvalue weighted by molar-refractivity contribution is 5.91. The fourth-order valence-electron chi connectivity index (χ4n) is 2.20. The lowest BCUT2D eigenvalue weighted by Gasteiger charge is -2.31. The number of piperidine rings is 1. The molecule has 0 saturated carbocycles. The van der Waals surface area contributed by atoms with E-state index in [1.165, 1.54) is 6.20 Å². The van der Waals surface area contributed by atoms with E-state index in [2.05, 4.69) is 15.3 Å². The van der Waals surface area contributed by atoms with Crippen LogP contribution >= 0.6 is 0 Å². The van der Waals surface area contributed by atoms with Crippen molar-refractivity contribution >= 4 is 5.91 Å². The van der Waals surface area contributed by atoms with Crippen molar-refractivity contribution in [2.45, 2.75) is 12.8 Å². The van der Waals surface area contributed by atoms with Crippen LogP contribution in [-0.2, 0) is 0 Å². The molecule has 1 amide bonds. The molecule has 1 aliphatic heterocycles. The minimum absolute atomic E-state index is 0.000933. The van der Waals surface area contributed by atoms with E-state index in [1.54, 1.807) is 12.4 Å². The molecule has 0 radical (unpaired) electrons. The van der Waals surface area contributed by atoms with Gasteiger partial charge in [-0.25, -0.2) is 4.98 Å². The standard InChI is InChI=1S/C12H18N4O/c1-13-8-10-2-6-16(7-3-10)12(17)11-9-14-4-5-15-11/h4-5,9-10,13H,2-3,6-8H2,1H3. The van der Waals surface area contributed by atoms with Gasteiger partial charge in [-0.1, -0.05) is 0 Å². The van der Waals surface area contributed by atoms with Gasteiger partial charge in [0.1, 0.15) is 5.69 Å². The van der Waals surface area contributed by atoms with Crippen molar-refractivity contribution in [3.8, 4) is 0 Å². The molecule has 1 aromatic rings. The Hall–Kier alpha value is -1.49. The predicted octanol–water partition coefficient (Wildman–Crippen LogP) is 0.548. The molecular weight excluding hydrogens is 216 g/mol. The van der Waals surface area contributed by atoms with Crippen LogP contribution in [-0.4, -0.2) is 47.5 Å². The maximum atomic E-state index is 12.1. The SMILES string of the molecule is CNCC1CCN(C(=O)c2cnccn2)CC1. The first-order chi connectivity index (χ1) is 8.31. The number of hydrogen-bond acceptors (Lipinski definition) is 4. The molecule has 1 N–H and O–H groups in total. The Morgan fingerprint density at radius 1 is 1.47 bits per heavy atom. The first kappa shape index (κ1) is 12.0. The average molecular weight is 234 g/mol. The molecule has 0 aromatic carbocycles. The highest BCUT2D eigenvalue weighted by Crippen LogP contribution is 2.17. The number of carbonyl (C=O) groups is 1. The maximum absolute atomic E-state index is 12.1. The molecular formula is C12H18N4O. The van der Waals surface area contributed by atoms with Crippen molar-refractivity contribution in [2.75, 3.05) is 26.7 Å². The molecule has 2 rings (SSSR count). The number of nitrogens with zero attached hydrogens (tertiary/aromatic N) is 3. The monoisotopic (exact) mass is 234 g/mol. The Morgan fingerprint density at radius 3 is 2.82 bits per heavy atom. The summed E-state index contributed by atoms with van der Waals surface area (Å²) in [7, 11) is 1.97. The molecule has 1 aromatic heterocycles. The second-order valence-corrected chi connectivity index (χ2v) is 4.38. The highest BCUT2D eigenvalue weighted by Gasteiger charge is 2.23. The van der Waals surface area contributed by atoms with E-state index in [9.17, 15) is 4.79 Å². The molecule has 5 nitrogen and oxygen atoms in total. The van der Waals surface area contributed by atoms with Gasteiger partial charge < -0.3 is 10.2 Å². The minimum atomic E-state index is 0.000933. The summed E-state index contributed by atoms with van der Waals surface area (Å²) in [5.74, 6) is 0.687. The Morgan fingerprint density at radius 2 is 2.24 bits per heavy atom. The van der Waals surface area contributed by atoms with Gasteiger partial charge in [-0.15, -0.1) is 0 Å². The van der Waals surface area contributed by atoms with Gasteiger partial charge in [0.2, 0.25) is 0 Å². The highest BCUT2D eigenvalue weighted by atomic mass is 16.2. The summed E-state index contributed by atoms with van der Waals surface area (Å²) in [6, 6.07) is 0. The summed E-state index contributed by atoms with van der Waals surface area (Å²) in [6.07, 6.45) is 6.79. The summed E-state index contributed by atoms with van der Waals surface area (Å²) in [6.45, 7) is 2.68. The Bertz CT molecular complexity index is 360. The van der Waals surface area contributed by atoms with Gasteiger partial charge in [0.25, 0.3) is 5.91 Å². The van der Waals surface area contributed by atoms with Gasteiger partial charge in [-0.05, 0) is 32.4 Å². The van der Waals surface area contributed by atoms with Gasteiger partial charge in [0.15, 0.2) is 0 Å². The van der Waals surface area contributed by atoms with Crippen LogP contribution in [0.1, 0.15) is 23.3 Å². The van der Waals surface area contributed by atoms with Crippen LogP contribution in [0.15, 0.2) is 18.6 Å². The zero-order valence-corrected chi connectivity index (χ0v) is 10.1. The fourth-order valence-corrected chi connectivity index (χ4v) is 2.20. The molecule has 2 heterocycles. The molecule has 1 aliphatic rings. The van der Waals surface area contributed by atoms with Crippen LogP contribution in [0, 0.1) is 5.92 Å². The Labute approximate surface area is 101 Å². The van der Waals surface area contributed by atoms with Crippen molar-refractivity contribution in [1.82, 2.24) is 20.2 Å². The second kappa shape index (κ2) is 5.72. The van der Waals surface area contributed by atoms with E-state index in [-0.39, 0.29) is 5.91 Å². The number of likely N-dealkylation sites (tertiary alicyclic amines) is 1. The third-order valence-electron chi connectivity index (χ3n) is 3.18. The maximum Gasteiger partial charge on any atom is 0.274 e. The van der Waals surface area contributed by atoms with E-state index < -0.39 is 0 Å². The third kappa shape index (κ3) is 3.00. The van der Waals surface area contributed by atoms with Gasteiger partial charge in [-0.2, -0.15) is 0 Å². The Balaban J connectivity index is 1.91. The first-order valence-corrected chi connectivity index (χ1v) is 6.01. The van der Waals surface area contributed by atoms with Gasteiger partial charge in [-0.3, -0.25) is 9.78 Å². The molecule has 1 saturated heterocycles. The number of nitrogens with one attached hydrogen (secondary N) is 1. The number of hydrogen-bond donors (Lipinski definition) is 1. The molecule has 0 bridgehead atoms. The average Bonchev–Trinajstić information content (AvgIpc) is 2.40. The summed E-state index contributed by atoms with van der Waals surface area (Å²) in [5, 5.41) is 3.19. The zero-order chi connectivity index (χ0) is 12.1.